The summed E-state index contributed by atoms with van der Waals surface area (Å²) < 4.78 is 4.49. The van der Waals surface area contributed by atoms with E-state index in [0.717, 1.165) is 21.9 Å². The maximum atomic E-state index is 13.4. The van der Waals surface area contributed by atoms with Crippen LogP contribution >= 0.6 is 0 Å². The number of aromatic nitrogens is 3. The summed E-state index contributed by atoms with van der Waals surface area (Å²) in [5.74, 6) is 0. The molecule has 36 heavy (non-hydrogen) atoms. The van der Waals surface area contributed by atoms with Crippen LogP contribution in [0.25, 0.3) is 16.5 Å². The minimum Gasteiger partial charge on any atom is -0.245 e. The quantitative estimate of drug-likeness (QED) is 0.265. The van der Waals surface area contributed by atoms with Crippen LogP contribution in [0.3, 0.4) is 0 Å². The standard InChI is InChI=1S/C23H17N3O2.4C2H6/c1-23-12-11-20(18-13-15-7-5-6-8-16(15)14-19(18)23)25-21(27)24(22(28)26(23)25)17-9-3-2-4-10-17;4*1-2/h2-14,20H,1H3;4*1-2H3. The zero-order valence-electron chi connectivity index (χ0n) is 23.2. The summed E-state index contributed by atoms with van der Waals surface area (Å²) in [6, 6.07) is 21.3. The molecule has 0 N–H and O–H groups in total. The van der Waals surface area contributed by atoms with Crippen molar-refractivity contribution in [2.75, 3.05) is 0 Å². The van der Waals surface area contributed by atoms with Gasteiger partial charge in [0, 0.05) is 0 Å². The molecule has 0 amide bonds. The summed E-state index contributed by atoms with van der Waals surface area (Å²) in [6.07, 6.45) is 4.08. The third-order valence-electron chi connectivity index (χ3n) is 6.08. The second kappa shape index (κ2) is 12.4. The number of rotatable bonds is 1. The van der Waals surface area contributed by atoms with E-state index in [1.165, 1.54) is 4.57 Å². The Hall–Kier alpha value is -3.60. The molecule has 3 heterocycles. The zero-order valence-corrected chi connectivity index (χ0v) is 23.2. The van der Waals surface area contributed by atoms with Gasteiger partial charge in [0.1, 0.15) is 5.54 Å². The van der Waals surface area contributed by atoms with Gasteiger partial charge in [0.2, 0.25) is 0 Å². The average Bonchev–Trinajstić information content (AvgIpc) is 3.24. The van der Waals surface area contributed by atoms with Crippen molar-refractivity contribution in [1.82, 2.24) is 13.9 Å². The third kappa shape index (κ3) is 4.39. The van der Waals surface area contributed by atoms with E-state index in [9.17, 15) is 9.59 Å². The molecule has 7 rings (SSSR count). The van der Waals surface area contributed by atoms with E-state index in [4.69, 9.17) is 0 Å². The molecule has 0 spiro atoms. The molecule has 0 saturated carbocycles. The third-order valence-corrected chi connectivity index (χ3v) is 6.08. The average molecular weight is 488 g/mol. The topological polar surface area (TPSA) is 48.9 Å². The van der Waals surface area contributed by atoms with Crippen molar-refractivity contribution in [3.8, 4) is 5.69 Å². The normalized spacial score (nSPS) is 17.5. The molecule has 1 aromatic heterocycles. The first-order valence-electron chi connectivity index (χ1n) is 13.3. The highest BCUT2D eigenvalue weighted by molar-refractivity contribution is 5.85. The van der Waals surface area contributed by atoms with Crippen molar-refractivity contribution >= 4 is 10.8 Å². The van der Waals surface area contributed by atoms with Gasteiger partial charge in [-0.05, 0) is 53.1 Å². The fourth-order valence-electron chi connectivity index (χ4n) is 4.73. The van der Waals surface area contributed by atoms with Crippen LogP contribution in [0, 0.1) is 0 Å². The molecule has 192 valence electrons. The van der Waals surface area contributed by atoms with Crippen LogP contribution in [0.5, 0.6) is 0 Å². The number of para-hydroxylation sites is 1. The lowest BCUT2D eigenvalue weighted by atomic mass is 9.77. The first-order chi connectivity index (χ1) is 17.6. The predicted octanol–water partition coefficient (Wildman–Crippen LogP) is 7.29. The van der Waals surface area contributed by atoms with Crippen LogP contribution in [0.15, 0.2) is 88.5 Å². The Labute approximate surface area is 215 Å². The molecule has 2 aliphatic heterocycles. The van der Waals surface area contributed by atoms with Gasteiger partial charge in [-0.2, -0.15) is 0 Å². The molecule has 0 saturated heterocycles. The molecule has 2 bridgehead atoms. The number of allylic oxidation sites excluding steroid dienone is 2. The highest BCUT2D eigenvalue weighted by Gasteiger charge is 2.45. The predicted molar refractivity (Wildman–Crippen MR) is 154 cm³/mol. The first kappa shape index (κ1) is 28.6. The van der Waals surface area contributed by atoms with Gasteiger partial charge in [-0.15, -0.1) is 0 Å². The van der Waals surface area contributed by atoms with Crippen LogP contribution in [0.2, 0.25) is 0 Å². The minimum absolute atomic E-state index is 0.286. The van der Waals surface area contributed by atoms with Gasteiger partial charge in [-0.3, -0.25) is 0 Å². The van der Waals surface area contributed by atoms with Crippen LogP contribution in [-0.4, -0.2) is 13.9 Å². The van der Waals surface area contributed by atoms with E-state index in [1.807, 2.05) is 105 Å². The fraction of sp³-hybridized carbons (Fsp3) is 0.355. The lowest BCUT2D eigenvalue weighted by molar-refractivity contribution is 0.284. The van der Waals surface area contributed by atoms with Crippen LogP contribution in [0.4, 0.5) is 0 Å². The highest BCUT2D eigenvalue weighted by atomic mass is 16.2. The molecule has 3 aliphatic rings. The van der Waals surface area contributed by atoms with E-state index in [1.54, 1.807) is 21.5 Å². The number of hydrogen-bond donors (Lipinski definition) is 0. The second-order valence-corrected chi connectivity index (χ2v) is 7.63. The van der Waals surface area contributed by atoms with Gasteiger partial charge in [-0.1, -0.05) is 110 Å². The number of benzene rings is 3. The number of nitrogens with zero attached hydrogens (tertiary/aromatic N) is 3. The Balaban J connectivity index is 0.000000523. The van der Waals surface area contributed by atoms with Gasteiger partial charge in [-0.25, -0.2) is 23.5 Å². The largest absolute Gasteiger partial charge is 0.352 e. The SMILES string of the molecule is CC.CC.CC.CC.CC12C=CC(c3cc4ccccc4cc31)n1c(=O)n(-c3ccccc3)c(=O)n12. The van der Waals surface area contributed by atoms with Crippen molar-refractivity contribution in [3.63, 3.8) is 0 Å². The molecule has 0 radical (unpaired) electrons. The molecular formula is C31H41N3O2. The maximum Gasteiger partial charge on any atom is 0.352 e. The van der Waals surface area contributed by atoms with Crippen LogP contribution in [0.1, 0.15) is 79.5 Å². The van der Waals surface area contributed by atoms with Gasteiger partial charge < -0.3 is 0 Å². The molecule has 5 nitrogen and oxygen atoms in total. The summed E-state index contributed by atoms with van der Waals surface area (Å²) in [4.78, 5) is 26.7. The van der Waals surface area contributed by atoms with E-state index in [2.05, 4.69) is 24.3 Å². The molecule has 5 heteroatoms. The molecule has 4 aromatic rings. The van der Waals surface area contributed by atoms with E-state index >= 15 is 0 Å². The van der Waals surface area contributed by atoms with Crippen molar-refractivity contribution in [3.05, 3.63) is 111 Å². The molecule has 1 aliphatic carbocycles. The second-order valence-electron chi connectivity index (χ2n) is 7.63. The maximum absolute atomic E-state index is 13.4. The minimum atomic E-state index is -0.704. The Kier molecular flexibility index (Phi) is 9.85. The van der Waals surface area contributed by atoms with Crippen molar-refractivity contribution in [2.45, 2.75) is 73.9 Å². The van der Waals surface area contributed by atoms with Gasteiger partial charge in [0.25, 0.3) is 0 Å². The van der Waals surface area contributed by atoms with Gasteiger partial charge in [0.05, 0.1) is 11.7 Å². The van der Waals surface area contributed by atoms with Crippen LogP contribution in [-0.2, 0) is 5.54 Å². The lowest BCUT2D eigenvalue weighted by Crippen LogP contribution is -2.50. The molecule has 2 atom stereocenters. The van der Waals surface area contributed by atoms with Crippen LogP contribution < -0.4 is 11.4 Å². The summed E-state index contributed by atoms with van der Waals surface area (Å²) in [6.45, 7) is 18.0. The monoisotopic (exact) mass is 487 g/mol. The van der Waals surface area contributed by atoms with E-state index in [0.29, 0.717) is 5.69 Å². The molecular weight excluding hydrogens is 446 g/mol. The van der Waals surface area contributed by atoms with Crippen molar-refractivity contribution < 1.29 is 0 Å². The van der Waals surface area contributed by atoms with Crippen molar-refractivity contribution in [1.29, 1.82) is 0 Å². The summed E-state index contributed by atoms with van der Waals surface area (Å²) >= 11 is 0. The summed E-state index contributed by atoms with van der Waals surface area (Å²) in [7, 11) is 0. The number of hydrogen-bond acceptors (Lipinski definition) is 2. The van der Waals surface area contributed by atoms with Gasteiger partial charge >= 0.3 is 11.4 Å². The molecule has 3 aromatic carbocycles. The van der Waals surface area contributed by atoms with Gasteiger partial charge in [0.15, 0.2) is 0 Å². The Morgan fingerprint density at radius 1 is 0.694 bits per heavy atom. The smallest absolute Gasteiger partial charge is 0.245 e. The van der Waals surface area contributed by atoms with E-state index in [-0.39, 0.29) is 17.4 Å². The molecule has 0 fully saturated rings. The summed E-state index contributed by atoms with van der Waals surface area (Å²) in [5.41, 5.74) is 1.42. The Morgan fingerprint density at radius 2 is 1.22 bits per heavy atom. The molecule has 2 unspecified atom stereocenters. The Bertz CT molecular complexity index is 1420. The fourth-order valence-corrected chi connectivity index (χ4v) is 4.73. The van der Waals surface area contributed by atoms with Crippen molar-refractivity contribution in [2.24, 2.45) is 0 Å². The highest BCUT2D eigenvalue weighted by Crippen LogP contribution is 2.44. The first-order valence-corrected chi connectivity index (χ1v) is 13.3. The zero-order chi connectivity index (χ0) is 27.0. The number of fused-ring (bicyclic) bond motifs is 1. The van der Waals surface area contributed by atoms with E-state index < -0.39 is 5.54 Å². The lowest BCUT2D eigenvalue weighted by Gasteiger charge is -2.43. The Morgan fingerprint density at radius 3 is 1.81 bits per heavy atom. The summed E-state index contributed by atoms with van der Waals surface area (Å²) in [5, 5.41) is 2.27.